The topological polar surface area (TPSA) is 86.3 Å². The molecule has 1 amide bonds. The van der Waals surface area contributed by atoms with Crippen LogP contribution in [-0.2, 0) is 36.1 Å². The van der Waals surface area contributed by atoms with Crippen molar-refractivity contribution < 1.29 is 14.1 Å². The van der Waals surface area contributed by atoms with Gasteiger partial charge in [0, 0.05) is 31.7 Å². The summed E-state index contributed by atoms with van der Waals surface area (Å²) in [5.74, 6) is 1.53. The van der Waals surface area contributed by atoms with Crippen molar-refractivity contribution in [2.24, 2.45) is 7.05 Å². The zero-order valence-electron chi connectivity index (χ0n) is 17.3. The number of ether oxygens (including phenoxy) is 1. The maximum absolute atomic E-state index is 12.9. The zero-order chi connectivity index (χ0) is 20.7. The van der Waals surface area contributed by atoms with E-state index < -0.39 is 0 Å². The number of amides is 1. The standard InChI is InChI=1S/C22H25N5O3/c1-14-5-3-4-6-16(14)11-19(28)27-12-17-18(13-27)26(2)24-20(17)22-23-21(25-30-22)15-7-9-29-10-8-15/h3-6,15H,7-13H2,1-2H3. The Kier molecular flexibility index (Phi) is 4.86. The van der Waals surface area contributed by atoms with Gasteiger partial charge in [-0.2, -0.15) is 10.1 Å². The molecule has 0 bridgehead atoms. The molecular weight excluding hydrogens is 382 g/mol. The van der Waals surface area contributed by atoms with Crippen LogP contribution in [0.1, 0.15) is 47.0 Å². The molecule has 0 atom stereocenters. The Bertz CT molecular complexity index is 1080. The van der Waals surface area contributed by atoms with E-state index in [9.17, 15) is 4.79 Å². The molecule has 3 aromatic rings. The molecule has 1 aromatic carbocycles. The van der Waals surface area contributed by atoms with E-state index in [1.807, 2.05) is 47.8 Å². The van der Waals surface area contributed by atoms with Gasteiger partial charge in [0.1, 0.15) is 0 Å². The third-order valence-electron chi connectivity index (χ3n) is 6.15. The van der Waals surface area contributed by atoms with Crippen LogP contribution in [0.5, 0.6) is 0 Å². The molecule has 5 rings (SSSR count). The fourth-order valence-electron chi connectivity index (χ4n) is 4.28. The Morgan fingerprint density at radius 3 is 2.80 bits per heavy atom. The molecule has 8 nitrogen and oxygen atoms in total. The van der Waals surface area contributed by atoms with Crippen molar-refractivity contribution >= 4 is 5.91 Å². The Hall–Kier alpha value is -3.00. The lowest BCUT2D eigenvalue weighted by Crippen LogP contribution is -2.28. The van der Waals surface area contributed by atoms with E-state index in [4.69, 9.17) is 9.26 Å². The maximum atomic E-state index is 12.9. The predicted octanol–water partition coefficient (Wildman–Crippen LogP) is 2.76. The van der Waals surface area contributed by atoms with Crippen LogP contribution >= 0.6 is 0 Å². The lowest BCUT2D eigenvalue weighted by atomic mass is 10.00. The highest BCUT2D eigenvalue weighted by molar-refractivity contribution is 5.80. The van der Waals surface area contributed by atoms with Crippen LogP contribution in [0.15, 0.2) is 28.8 Å². The molecule has 0 N–H and O–H groups in total. The van der Waals surface area contributed by atoms with Crippen molar-refractivity contribution in [2.45, 2.75) is 45.2 Å². The lowest BCUT2D eigenvalue weighted by Gasteiger charge is -2.18. The molecule has 1 saturated heterocycles. The van der Waals surface area contributed by atoms with Crippen molar-refractivity contribution in [2.75, 3.05) is 13.2 Å². The summed E-state index contributed by atoms with van der Waals surface area (Å²) in [4.78, 5) is 19.4. The van der Waals surface area contributed by atoms with Gasteiger partial charge >= 0.3 is 0 Å². The summed E-state index contributed by atoms with van der Waals surface area (Å²) in [6, 6.07) is 8.02. The van der Waals surface area contributed by atoms with Gasteiger partial charge < -0.3 is 14.2 Å². The van der Waals surface area contributed by atoms with E-state index in [2.05, 4.69) is 15.2 Å². The molecule has 2 aliphatic rings. The molecule has 4 heterocycles. The van der Waals surface area contributed by atoms with Crippen molar-refractivity contribution in [1.29, 1.82) is 0 Å². The molecular formula is C22H25N5O3. The average Bonchev–Trinajstić information content (AvgIpc) is 3.47. The largest absolute Gasteiger partial charge is 0.381 e. The quantitative estimate of drug-likeness (QED) is 0.661. The van der Waals surface area contributed by atoms with E-state index >= 15 is 0 Å². The number of carbonyl (C=O) groups is 1. The number of nitrogens with zero attached hydrogens (tertiary/aromatic N) is 5. The SMILES string of the molecule is Cc1ccccc1CC(=O)N1Cc2c(-c3nc(C4CCOCC4)no3)nn(C)c2C1. The number of hydrogen-bond acceptors (Lipinski definition) is 6. The van der Waals surface area contributed by atoms with E-state index in [0.717, 1.165) is 54.3 Å². The second-order valence-electron chi connectivity index (χ2n) is 8.09. The summed E-state index contributed by atoms with van der Waals surface area (Å²) in [5, 5.41) is 8.81. The van der Waals surface area contributed by atoms with Crippen LogP contribution < -0.4 is 0 Å². The number of rotatable bonds is 4. The molecule has 2 aromatic heterocycles. The minimum absolute atomic E-state index is 0.111. The van der Waals surface area contributed by atoms with Gasteiger partial charge in [-0.15, -0.1) is 0 Å². The molecule has 2 aliphatic heterocycles. The minimum atomic E-state index is 0.111. The Morgan fingerprint density at radius 1 is 1.20 bits per heavy atom. The van der Waals surface area contributed by atoms with Crippen LogP contribution in [0.25, 0.3) is 11.6 Å². The second-order valence-corrected chi connectivity index (χ2v) is 8.09. The molecule has 8 heteroatoms. The molecule has 0 saturated carbocycles. The van der Waals surface area contributed by atoms with Gasteiger partial charge in [-0.05, 0) is 30.9 Å². The number of fused-ring (bicyclic) bond motifs is 1. The van der Waals surface area contributed by atoms with Gasteiger partial charge in [-0.1, -0.05) is 29.4 Å². The molecule has 0 aliphatic carbocycles. The first-order valence-corrected chi connectivity index (χ1v) is 10.4. The van der Waals surface area contributed by atoms with Crippen LogP contribution in [0.2, 0.25) is 0 Å². The van der Waals surface area contributed by atoms with Gasteiger partial charge in [0.2, 0.25) is 5.91 Å². The highest BCUT2D eigenvalue weighted by Gasteiger charge is 2.33. The van der Waals surface area contributed by atoms with E-state index in [1.165, 1.54) is 0 Å². The van der Waals surface area contributed by atoms with Crippen molar-refractivity contribution in [3.63, 3.8) is 0 Å². The summed E-state index contributed by atoms with van der Waals surface area (Å²) >= 11 is 0. The van der Waals surface area contributed by atoms with Gasteiger partial charge in [-0.3, -0.25) is 9.48 Å². The first kappa shape index (κ1) is 19.0. The molecule has 156 valence electrons. The normalized spacial score (nSPS) is 16.8. The number of hydrogen-bond donors (Lipinski definition) is 0. The van der Waals surface area contributed by atoms with Gasteiger partial charge in [-0.25, -0.2) is 0 Å². The molecule has 0 radical (unpaired) electrons. The lowest BCUT2D eigenvalue weighted by molar-refractivity contribution is -0.131. The van der Waals surface area contributed by atoms with Crippen molar-refractivity contribution in [3.8, 4) is 11.6 Å². The van der Waals surface area contributed by atoms with E-state index in [-0.39, 0.29) is 11.8 Å². The summed E-state index contributed by atoms with van der Waals surface area (Å²) in [6.45, 7) is 4.55. The first-order chi connectivity index (χ1) is 14.6. The fourth-order valence-corrected chi connectivity index (χ4v) is 4.28. The predicted molar refractivity (Wildman–Crippen MR) is 108 cm³/mol. The number of aryl methyl sites for hydroxylation is 2. The van der Waals surface area contributed by atoms with Crippen LogP contribution in [0.4, 0.5) is 0 Å². The number of aromatic nitrogens is 4. The summed E-state index contributed by atoms with van der Waals surface area (Å²) in [6.07, 6.45) is 2.21. The highest BCUT2D eigenvalue weighted by Crippen LogP contribution is 2.33. The zero-order valence-corrected chi connectivity index (χ0v) is 17.3. The molecule has 30 heavy (non-hydrogen) atoms. The van der Waals surface area contributed by atoms with E-state index in [1.54, 1.807) is 0 Å². The van der Waals surface area contributed by atoms with Crippen LogP contribution in [0, 0.1) is 6.92 Å². The monoisotopic (exact) mass is 407 g/mol. The Morgan fingerprint density at radius 2 is 2.00 bits per heavy atom. The highest BCUT2D eigenvalue weighted by atomic mass is 16.5. The van der Waals surface area contributed by atoms with Gasteiger partial charge in [0.25, 0.3) is 5.89 Å². The van der Waals surface area contributed by atoms with Crippen molar-refractivity contribution in [1.82, 2.24) is 24.8 Å². The summed E-state index contributed by atoms with van der Waals surface area (Å²) in [7, 11) is 1.90. The number of carbonyl (C=O) groups excluding carboxylic acids is 1. The van der Waals surface area contributed by atoms with Crippen LogP contribution in [0.3, 0.4) is 0 Å². The van der Waals surface area contributed by atoms with E-state index in [0.29, 0.717) is 31.1 Å². The summed E-state index contributed by atoms with van der Waals surface area (Å²) in [5.41, 5.74) is 4.91. The average molecular weight is 407 g/mol. The van der Waals surface area contributed by atoms with Gasteiger partial charge in [0.15, 0.2) is 11.5 Å². The smallest absolute Gasteiger partial charge is 0.278 e. The molecule has 1 fully saturated rings. The third kappa shape index (κ3) is 3.41. The summed E-state index contributed by atoms with van der Waals surface area (Å²) < 4.78 is 12.8. The fraction of sp³-hybridized carbons (Fsp3) is 0.455. The Balaban J connectivity index is 1.35. The third-order valence-corrected chi connectivity index (χ3v) is 6.15. The van der Waals surface area contributed by atoms with Gasteiger partial charge in [0.05, 0.1) is 25.2 Å². The maximum Gasteiger partial charge on any atom is 0.278 e. The molecule has 0 unspecified atom stereocenters. The minimum Gasteiger partial charge on any atom is -0.381 e. The van der Waals surface area contributed by atoms with Crippen LogP contribution in [-0.4, -0.2) is 43.9 Å². The molecule has 0 spiro atoms. The first-order valence-electron chi connectivity index (χ1n) is 10.4. The number of benzene rings is 1. The second kappa shape index (κ2) is 7.68. The van der Waals surface area contributed by atoms with Crippen molar-refractivity contribution in [3.05, 3.63) is 52.5 Å². The Labute approximate surface area is 174 Å².